The van der Waals surface area contributed by atoms with Gasteiger partial charge in [0.15, 0.2) is 0 Å². The Balaban J connectivity index is 2.52. The monoisotopic (exact) mass is 371 g/mol. The topological polar surface area (TPSA) is 52.3 Å². The van der Waals surface area contributed by atoms with Gasteiger partial charge in [-0.3, -0.25) is 0 Å². The molecule has 0 spiro atoms. The molecule has 2 N–H and O–H groups in total. The summed E-state index contributed by atoms with van der Waals surface area (Å²) in [7, 11) is 0. The smallest absolute Gasteiger partial charge is 0.342 e. The first-order valence-corrected chi connectivity index (χ1v) is 7.92. The Bertz CT molecular complexity index is 691. The van der Waals surface area contributed by atoms with Gasteiger partial charge in [0.2, 0.25) is 0 Å². The Morgan fingerprint density at radius 2 is 2.00 bits per heavy atom. The Morgan fingerprint density at radius 3 is 2.62 bits per heavy atom. The Hall–Kier alpha value is -1.40. The second-order valence-corrected chi connectivity index (χ2v) is 7.34. The van der Waals surface area contributed by atoms with Crippen LogP contribution in [0.25, 0.3) is 11.1 Å². The summed E-state index contributed by atoms with van der Waals surface area (Å²) in [5.41, 5.74) is 6.21. The molecule has 0 atom stereocenters. The Kier molecular flexibility index (Phi) is 4.39. The lowest BCUT2D eigenvalue weighted by Gasteiger charge is -2.20. The van der Waals surface area contributed by atoms with Crippen LogP contribution < -0.4 is 5.73 Å². The van der Waals surface area contributed by atoms with E-state index in [-0.39, 0.29) is 5.56 Å². The number of anilines is 1. The van der Waals surface area contributed by atoms with Crippen molar-refractivity contribution in [1.29, 1.82) is 0 Å². The van der Waals surface area contributed by atoms with Crippen LogP contribution in [0.1, 0.15) is 31.1 Å². The van der Waals surface area contributed by atoms with Crippen molar-refractivity contribution in [3.8, 4) is 11.1 Å². The van der Waals surface area contributed by atoms with E-state index in [0.29, 0.717) is 16.1 Å². The number of halogens is 2. The van der Waals surface area contributed by atoms with Gasteiger partial charge in [-0.25, -0.2) is 9.18 Å². The van der Waals surface area contributed by atoms with Crippen LogP contribution in [0.3, 0.4) is 0 Å². The molecule has 0 saturated carbocycles. The highest BCUT2D eigenvalue weighted by molar-refractivity contribution is 9.10. The molecule has 0 bridgehead atoms. The van der Waals surface area contributed by atoms with E-state index in [1.54, 1.807) is 38.3 Å². The predicted octanol–water partition coefficient (Wildman–Crippen LogP) is 4.85. The summed E-state index contributed by atoms with van der Waals surface area (Å²) in [4.78, 5) is 12.3. The molecule has 0 fully saturated rings. The molecule has 1 aromatic carbocycles. The number of hydrogen-bond donors (Lipinski definition) is 1. The van der Waals surface area contributed by atoms with Gasteiger partial charge < -0.3 is 10.5 Å². The molecule has 2 aromatic rings. The molecule has 6 heteroatoms. The first-order valence-electron chi connectivity index (χ1n) is 6.25. The molecule has 3 nitrogen and oxygen atoms in total. The van der Waals surface area contributed by atoms with Crippen LogP contribution >= 0.6 is 27.3 Å². The molecule has 1 aromatic heterocycles. The molecule has 0 saturated heterocycles. The Labute approximate surface area is 135 Å². The number of thiophene rings is 1. The molecular formula is C15H15BrFNO2S. The van der Waals surface area contributed by atoms with Crippen molar-refractivity contribution in [1.82, 2.24) is 0 Å². The molecule has 0 amide bonds. The zero-order chi connectivity index (χ0) is 15.8. The van der Waals surface area contributed by atoms with Crippen LogP contribution in [0, 0.1) is 5.82 Å². The SMILES string of the molecule is CC(C)(C)OC(=O)c1c(-c2cc(Br)ccc2F)csc1N. The second kappa shape index (κ2) is 5.77. The molecule has 0 unspecified atom stereocenters. The van der Waals surface area contributed by atoms with Crippen molar-refractivity contribution in [3.05, 3.63) is 39.4 Å². The first-order chi connectivity index (χ1) is 9.69. The number of rotatable bonds is 2. The van der Waals surface area contributed by atoms with Gasteiger partial charge in [-0.2, -0.15) is 0 Å². The molecule has 0 aliphatic carbocycles. The molecule has 1 heterocycles. The fraction of sp³-hybridized carbons (Fsp3) is 0.267. The highest BCUT2D eigenvalue weighted by Gasteiger charge is 2.25. The number of nitrogens with two attached hydrogens (primary N) is 1. The van der Waals surface area contributed by atoms with Crippen molar-refractivity contribution in [2.45, 2.75) is 26.4 Å². The third kappa shape index (κ3) is 3.63. The minimum absolute atomic E-state index is 0.215. The average Bonchev–Trinajstić information content (AvgIpc) is 2.72. The lowest BCUT2D eigenvalue weighted by atomic mass is 10.0. The highest BCUT2D eigenvalue weighted by atomic mass is 79.9. The van der Waals surface area contributed by atoms with Crippen LogP contribution in [0.15, 0.2) is 28.1 Å². The fourth-order valence-corrected chi connectivity index (χ4v) is 2.98. The number of ether oxygens (including phenoxy) is 1. The highest BCUT2D eigenvalue weighted by Crippen LogP contribution is 2.37. The summed E-state index contributed by atoms with van der Waals surface area (Å²) in [6.07, 6.45) is 0. The molecule has 2 rings (SSSR count). The van der Waals surface area contributed by atoms with Crippen LogP contribution in [0.4, 0.5) is 9.39 Å². The largest absolute Gasteiger partial charge is 0.456 e. The van der Waals surface area contributed by atoms with Crippen molar-refractivity contribution in [2.75, 3.05) is 5.73 Å². The van der Waals surface area contributed by atoms with E-state index in [0.717, 1.165) is 4.47 Å². The maximum Gasteiger partial charge on any atom is 0.342 e. The van der Waals surface area contributed by atoms with Gasteiger partial charge in [0.1, 0.15) is 22.0 Å². The van der Waals surface area contributed by atoms with Crippen LogP contribution in [-0.2, 0) is 4.74 Å². The number of esters is 1. The molecule has 21 heavy (non-hydrogen) atoms. The minimum Gasteiger partial charge on any atom is -0.456 e. The van der Waals surface area contributed by atoms with Gasteiger partial charge in [-0.15, -0.1) is 11.3 Å². The third-order valence-electron chi connectivity index (χ3n) is 2.64. The quantitative estimate of drug-likeness (QED) is 0.767. The maximum absolute atomic E-state index is 14.0. The van der Waals surface area contributed by atoms with Gasteiger partial charge in [0, 0.05) is 21.0 Å². The molecule has 112 valence electrons. The van der Waals surface area contributed by atoms with Crippen molar-refractivity contribution < 1.29 is 13.9 Å². The standard InChI is InChI=1S/C15H15BrFNO2S/c1-15(2,3)20-14(19)12-10(7-21-13(12)18)9-6-8(16)4-5-11(9)17/h4-7H,18H2,1-3H3. The lowest BCUT2D eigenvalue weighted by molar-refractivity contribution is 0.00722. The summed E-state index contributed by atoms with van der Waals surface area (Å²) in [6.45, 7) is 5.31. The second-order valence-electron chi connectivity index (χ2n) is 5.51. The van der Waals surface area contributed by atoms with Gasteiger partial charge in [0.05, 0.1) is 0 Å². The number of hydrogen-bond acceptors (Lipinski definition) is 4. The summed E-state index contributed by atoms with van der Waals surface area (Å²) in [5.74, 6) is -0.962. The Morgan fingerprint density at radius 1 is 1.33 bits per heavy atom. The van der Waals surface area contributed by atoms with E-state index >= 15 is 0 Å². The lowest BCUT2D eigenvalue weighted by Crippen LogP contribution is -2.24. The van der Waals surface area contributed by atoms with Crippen LogP contribution in [-0.4, -0.2) is 11.6 Å². The van der Waals surface area contributed by atoms with E-state index in [1.807, 2.05) is 0 Å². The van der Waals surface area contributed by atoms with Crippen molar-refractivity contribution in [3.63, 3.8) is 0 Å². The molecule has 0 aliphatic heterocycles. The van der Waals surface area contributed by atoms with Gasteiger partial charge in [0.25, 0.3) is 0 Å². The summed E-state index contributed by atoms with van der Waals surface area (Å²) < 4.78 is 20.1. The minimum atomic E-state index is -0.640. The summed E-state index contributed by atoms with van der Waals surface area (Å²) >= 11 is 4.49. The van der Waals surface area contributed by atoms with E-state index in [9.17, 15) is 9.18 Å². The van der Waals surface area contributed by atoms with E-state index in [2.05, 4.69) is 15.9 Å². The van der Waals surface area contributed by atoms with Crippen molar-refractivity contribution in [2.24, 2.45) is 0 Å². The molecular weight excluding hydrogens is 357 g/mol. The van der Waals surface area contributed by atoms with E-state index in [4.69, 9.17) is 10.5 Å². The average molecular weight is 372 g/mol. The van der Waals surface area contributed by atoms with E-state index in [1.165, 1.54) is 17.4 Å². The normalized spacial score (nSPS) is 11.5. The van der Waals surface area contributed by atoms with Crippen LogP contribution in [0.5, 0.6) is 0 Å². The first kappa shape index (κ1) is 16.0. The summed E-state index contributed by atoms with van der Waals surface area (Å²) in [6, 6.07) is 4.55. The summed E-state index contributed by atoms with van der Waals surface area (Å²) in [5, 5.41) is 1.98. The zero-order valence-corrected chi connectivity index (χ0v) is 14.3. The number of carbonyl (C=O) groups is 1. The van der Waals surface area contributed by atoms with Crippen LogP contribution in [0.2, 0.25) is 0 Å². The molecule has 0 radical (unpaired) electrons. The number of carbonyl (C=O) groups excluding carboxylic acids is 1. The third-order valence-corrected chi connectivity index (χ3v) is 3.95. The predicted molar refractivity (Wildman–Crippen MR) is 87.0 cm³/mol. The molecule has 0 aliphatic rings. The number of benzene rings is 1. The van der Waals surface area contributed by atoms with E-state index < -0.39 is 17.4 Å². The van der Waals surface area contributed by atoms with Gasteiger partial charge in [-0.1, -0.05) is 15.9 Å². The number of nitrogen functional groups attached to an aromatic ring is 1. The van der Waals surface area contributed by atoms with Gasteiger partial charge in [-0.05, 0) is 39.0 Å². The zero-order valence-electron chi connectivity index (χ0n) is 11.9. The maximum atomic E-state index is 14.0. The fourth-order valence-electron chi connectivity index (χ4n) is 1.81. The van der Waals surface area contributed by atoms with Gasteiger partial charge >= 0.3 is 5.97 Å². The van der Waals surface area contributed by atoms with Crippen molar-refractivity contribution >= 4 is 38.2 Å².